The first-order valence-corrected chi connectivity index (χ1v) is 7.37. The fourth-order valence-electron chi connectivity index (χ4n) is 2.51. The number of amides is 1. The highest BCUT2D eigenvalue weighted by atomic mass is 16.2. The zero-order valence-corrected chi connectivity index (χ0v) is 12.5. The minimum Gasteiger partial charge on any atom is -0.336 e. The molecule has 0 aliphatic carbocycles. The number of carbonyl (C=O) groups is 1. The standard InChI is InChI=1S/C16H25N3O/c1-18(2)11-12-19(13-14-7-4-3-5-8-14)16(20)15-9-6-10-17-15/h3-5,7-8,15,17H,6,9-13H2,1-2H3/t15-/m0/s1. The number of carbonyl (C=O) groups excluding carboxylic acids is 1. The Hall–Kier alpha value is -1.39. The van der Waals surface area contributed by atoms with Crippen LogP contribution in [0.5, 0.6) is 0 Å². The van der Waals surface area contributed by atoms with Crippen molar-refractivity contribution >= 4 is 5.91 Å². The van der Waals surface area contributed by atoms with Crippen LogP contribution in [-0.2, 0) is 11.3 Å². The van der Waals surface area contributed by atoms with Crippen molar-refractivity contribution in [3.63, 3.8) is 0 Å². The second-order valence-corrected chi connectivity index (χ2v) is 5.70. The van der Waals surface area contributed by atoms with Crippen LogP contribution in [0.1, 0.15) is 18.4 Å². The molecule has 4 heteroatoms. The van der Waals surface area contributed by atoms with E-state index in [1.165, 1.54) is 5.56 Å². The number of hydrogen-bond acceptors (Lipinski definition) is 3. The van der Waals surface area contributed by atoms with Crippen molar-refractivity contribution in [2.75, 3.05) is 33.7 Å². The van der Waals surface area contributed by atoms with Gasteiger partial charge in [-0.1, -0.05) is 30.3 Å². The molecule has 4 nitrogen and oxygen atoms in total. The predicted molar refractivity (Wildman–Crippen MR) is 81.4 cm³/mol. The number of nitrogens with one attached hydrogen (secondary N) is 1. The summed E-state index contributed by atoms with van der Waals surface area (Å²) in [7, 11) is 4.08. The number of nitrogens with zero attached hydrogens (tertiary/aromatic N) is 2. The molecule has 1 heterocycles. The third kappa shape index (κ3) is 4.32. The van der Waals surface area contributed by atoms with Gasteiger partial charge >= 0.3 is 0 Å². The molecule has 0 aromatic heterocycles. The van der Waals surface area contributed by atoms with Crippen LogP contribution >= 0.6 is 0 Å². The van der Waals surface area contributed by atoms with E-state index < -0.39 is 0 Å². The summed E-state index contributed by atoms with van der Waals surface area (Å²) in [5.74, 6) is 0.244. The van der Waals surface area contributed by atoms with Crippen LogP contribution < -0.4 is 5.32 Å². The fraction of sp³-hybridized carbons (Fsp3) is 0.562. The highest BCUT2D eigenvalue weighted by molar-refractivity contribution is 5.82. The van der Waals surface area contributed by atoms with Crippen LogP contribution in [0, 0.1) is 0 Å². The van der Waals surface area contributed by atoms with Gasteiger partial charge in [-0.15, -0.1) is 0 Å². The van der Waals surface area contributed by atoms with E-state index in [0.717, 1.165) is 32.5 Å². The Morgan fingerprint density at radius 1 is 1.25 bits per heavy atom. The summed E-state index contributed by atoms with van der Waals surface area (Å²) >= 11 is 0. The van der Waals surface area contributed by atoms with Crippen LogP contribution in [-0.4, -0.2) is 55.5 Å². The molecular weight excluding hydrogens is 250 g/mol. The molecule has 0 unspecified atom stereocenters. The molecule has 1 amide bonds. The zero-order valence-electron chi connectivity index (χ0n) is 12.5. The van der Waals surface area contributed by atoms with Crippen LogP contribution in [0.25, 0.3) is 0 Å². The topological polar surface area (TPSA) is 35.6 Å². The first kappa shape index (κ1) is 15.0. The van der Waals surface area contributed by atoms with Crippen molar-refractivity contribution in [1.82, 2.24) is 15.1 Å². The molecule has 0 bridgehead atoms. The van der Waals surface area contributed by atoms with E-state index in [-0.39, 0.29) is 11.9 Å². The van der Waals surface area contributed by atoms with Gasteiger partial charge in [0, 0.05) is 19.6 Å². The lowest BCUT2D eigenvalue weighted by atomic mass is 10.1. The molecule has 1 N–H and O–H groups in total. The Morgan fingerprint density at radius 2 is 2.00 bits per heavy atom. The second kappa shape index (κ2) is 7.41. The number of likely N-dealkylation sites (N-methyl/N-ethyl adjacent to an activating group) is 1. The van der Waals surface area contributed by atoms with Gasteiger partial charge < -0.3 is 15.1 Å². The quantitative estimate of drug-likeness (QED) is 0.851. The Balaban J connectivity index is 2.01. The average Bonchev–Trinajstić information content (AvgIpc) is 2.97. The van der Waals surface area contributed by atoms with Gasteiger partial charge in [-0.2, -0.15) is 0 Å². The van der Waals surface area contributed by atoms with E-state index in [2.05, 4.69) is 22.3 Å². The van der Waals surface area contributed by atoms with E-state index in [9.17, 15) is 4.79 Å². The first-order chi connectivity index (χ1) is 9.66. The molecule has 110 valence electrons. The summed E-state index contributed by atoms with van der Waals surface area (Å²) in [4.78, 5) is 16.7. The van der Waals surface area contributed by atoms with Crippen molar-refractivity contribution < 1.29 is 4.79 Å². The first-order valence-electron chi connectivity index (χ1n) is 7.37. The summed E-state index contributed by atoms with van der Waals surface area (Å²) in [6, 6.07) is 10.2. The molecule has 1 aliphatic rings. The highest BCUT2D eigenvalue weighted by Gasteiger charge is 2.26. The number of hydrogen-bond donors (Lipinski definition) is 1. The molecule has 1 atom stereocenters. The molecule has 1 aromatic rings. The lowest BCUT2D eigenvalue weighted by molar-refractivity contribution is -0.133. The summed E-state index contributed by atoms with van der Waals surface area (Å²) in [6.45, 7) is 3.33. The molecule has 1 fully saturated rings. The Labute approximate surface area is 121 Å². The monoisotopic (exact) mass is 275 g/mol. The van der Waals surface area contributed by atoms with E-state index in [1.807, 2.05) is 37.2 Å². The van der Waals surface area contributed by atoms with E-state index >= 15 is 0 Å². The van der Waals surface area contributed by atoms with E-state index in [4.69, 9.17) is 0 Å². The molecular formula is C16H25N3O. The van der Waals surface area contributed by atoms with Gasteiger partial charge in [0.1, 0.15) is 0 Å². The third-order valence-electron chi connectivity index (χ3n) is 3.70. The maximum absolute atomic E-state index is 12.6. The van der Waals surface area contributed by atoms with Gasteiger partial charge in [0.05, 0.1) is 6.04 Å². The van der Waals surface area contributed by atoms with Crippen LogP contribution in [0.4, 0.5) is 0 Å². The molecule has 2 rings (SSSR count). The highest BCUT2D eigenvalue weighted by Crippen LogP contribution is 2.12. The Bertz CT molecular complexity index is 413. The van der Waals surface area contributed by atoms with E-state index in [1.54, 1.807) is 0 Å². The van der Waals surface area contributed by atoms with Crippen LogP contribution in [0.3, 0.4) is 0 Å². The number of benzene rings is 1. The largest absolute Gasteiger partial charge is 0.336 e. The van der Waals surface area contributed by atoms with Gasteiger partial charge in [0.2, 0.25) is 5.91 Å². The fourth-order valence-corrected chi connectivity index (χ4v) is 2.51. The van der Waals surface area contributed by atoms with Gasteiger partial charge in [-0.3, -0.25) is 4.79 Å². The lowest BCUT2D eigenvalue weighted by Crippen LogP contribution is -2.45. The average molecular weight is 275 g/mol. The van der Waals surface area contributed by atoms with E-state index in [0.29, 0.717) is 6.54 Å². The van der Waals surface area contributed by atoms with Crippen molar-refractivity contribution in [2.24, 2.45) is 0 Å². The SMILES string of the molecule is CN(C)CCN(Cc1ccccc1)C(=O)[C@@H]1CCCN1. The van der Waals surface area contributed by atoms with Crippen molar-refractivity contribution in [3.05, 3.63) is 35.9 Å². The summed E-state index contributed by atoms with van der Waals surface area (Å²) in [5, 5.41) is 3.31. The van der Waals surface area contributed by atoms with Crippen LogP contribution in [0.2, 0.25) is 0 Å². The molecule has 0 saturated carbocycles. The maximum Gasteiger partial charge on any atom is 0.240 e. The normalized spacial score (nSPS) is 18.4. The molecule has 1 aromatic carbocycles. The minimum atomic E-state index is 0.0147. The maximum atomic E-state index is 12.6. The third-order valence-corrected chi connectivity index (χ3v) is 3.70. The Morgan fingerprint density at radius 3 is 2.60 bits per heavy atom. The molecule has 20 heavy (non-hydrogen) atoms. The van der Waals surface area contributed by atoms with Crippen molar-refractivity contribution in [1.29, 1.82) is 0 Å². The van der Waals surface area contributed by atoms with Gasteiger partial charge in [-0.25, -0.2) is 0 Å². The van der Waals surface area contributed by atoms with Gasteiger partial charge in [0.15, 0.2) is 0 Å². The smallest absolute Gasteiger partial charge is 0.240 e. The molecule has 1 aliphatic heterocycles. The second-order valence-electron chi connectivity index (χ2n) is 5.70. The molecule has 0 spiro atoms. The lowest BCUT2D eigenvalue weighted by Gasteiger charge is -2.27. The van der Waals surface area contributed by atoms with Crippen molar-refractivity contribution in [3.8, 4) is 0 Å². The predicted octanol–water partition coefficient (Wildman–Crippen LogP) is 1.33. The van der Waals surface area contributed by atoms with Crippen LogP contribution in [0.15, 0.2) is 30.3 Å². The van der Waals surface area contributed by atoms with Gasteiger partial charge in [0.25, 0.3) is 0 Å². The summed E-state index contributed by atoms with van der Waals surface area (Å²) in [5.41, 5.74) is 1.19. The summed E-state index contributed by atoms with van der Waals surface area (Å²) < 4.78 is 0. The Kier molecular flexibility index (Phi) is 5.56. The summed E-state index contributed by atoms with van der Waals surface area (Å²) in [6.07, 6.45) is 2.06. The molecule has 0 radical (unpaired) electrons. The van der Waals surface area contributed by atoms with Gasteiger partial charge in [-0.05, 0) is 39.0 Å². The zero-order chi connectivity index (χ0) is 14.4. The van der Waals surface area contributed by atoms with Crippen molar-refractivity contribution in [2.45, 2.75) is 25.4 Å². The molecule has 1 saturated heterocycles. The minimum absolute atomic E-state index is 0.0147. The number of rotatable bonds is 6.